The van der Waals surface area contributed by atoms with E-state index in [1.54, 1.807) is 0 Å². The van der Waals surface area contributed by atoms with Gasteiger partial charge in [-0.25, -0.2) is 0 Å². The molecule has 0 heterocycles. The van der Waals surface area contributed by atoms with Gasteiger partial charge in [0, 0.05) is 17.1 Å². The molecule has 0 atom stereocenters. The molecular formula is C16H35CuO2PS2. The zero-order valence-electron chi connectivity index (χ0n) is 14.6. The van der Waals surface area contributed by atoms with Gasteiger partial charge in [-0.3, -0.25) is 0 Å². The summed E-state index contributed by atoms with van der Waals surface area (Å²) in [4.78, 5) is 0. The zero-order chi connectivity index (χ0) is 16.1. The van der Waals surface area contributed by atoms with Crippen molar-refractivity contribution in [3.63, 3.8) is 0 Å². The fourth-order valence-corrected chi connectivity index (χ4v) is 3.79. The average molecular weight is 418 g/mol. The minimum atomic E-state index is -2.30. The Bertz CT molecular complexity index is 265. The molecule has 0 aliphatic rings. The molecule has 6 heteroatoms. The van der Waals surface area contributed by atoms with Crippen molar-refractivity contribution in [2.45, 2.75) is 79.1 Å². The Hall–Kier alpha value is 1.44. The molecule has 0 rings (SSSR count). The van der Waals surface area contributed by atoms with Crippen molar-refractivity contribution in [3.05, 3.63) is 0 Å². The van der Waals surface area contributed by atoms with Crippen molar-refractivity contribution in [2.75, 3.05) is 13.2 Å². The van der Waals surface area contributed by atoms with Crippen molar-refractivity contribution in [2.24, 2.45) is 11.8 Å². The number of hydrogen-bond acceptors (Lipinski definition) is 3. The van der Waals surface area contributed by atoms with Gasteiger partial charge in [0.1, 0.15) is 0 Å². The van der Waals surface area contributed by atoms with E-state index in [9.17, 15) is 0 Å². The van der Waals surface area contributed by atoms with Crippen molar-refractivity contribution in [1.29, 1.82) is 0 Å². The normalized spacial score (nSPS) is 12.0. The van der Waals surface area contributed by atoms with Gasteiger partial charge < -0.3 is 9.05 Å². The quantitative estimate of drug-likeness (QED) is 0.148. The molecule has 0 bridgehead atoms. The second kappa shape index (κ2) is 15.9. The van der Waals surface area contributed by atoms with Crippen LogP contribution < -0.4 is 0 Å². The van der Waals surface area contributed by atoms with Crippen molar-refractivity contribution >= 4 is 29.7 Å². The summed E-state index contributed by atoms with van der Waals surface area (Å²) < 4.78 is 11.3. The topological polar surface area (TPSA) is 18.5 Å². The van der Waals surface area contributed by atoms with Gasteiger partial charge in [0.2, 0.25) is 5.69 Å². The SMILES string of the molecule is CC(C)CCCCCOP(=S)(S)OCCCCCC(C)C.[Cu]. The predicted octanol–water partition coefficient (Wildman–Crippen LogP) is 6.60. The first-order valence-electron chi connectivity index (χ1n) is 8.45. The Morgan fingerprint density at radius 1 is 0.773 bits per heavy atom. The summed E-state index contributed by atoms with van der Waals surface area (Å²) in [6.07, 6.45) is 9.66. The summed E-state index contributed by atoms with van der Waals surface area (Å²) in [6.45, 7) is 10.4. The van der Waals surface area contributed by atoms with Crippen LogP contribution in [0.5, 0.6) is 0 Å². The Labute approximate surface area is 159 Å². The molecule has 0 aliphatic heterocycles. The van der Waals surface area contributed by atoms with Gasteiger partial charge in [-0.05, 0) is 36.5 Å². The van der Waals surface area contributed by atoms with E-state index >= 15 is 0 Å². The summed E-state index contributed by atoms with van der Waals surface area (Å²) >= 11 is 9.70. The smallest absolute Gasteiger partial charge is 0.244 e. The van der Waals surface area contributed by atoms with Gasteiger partial charge in [0.15, 0.2) is 0 Å². The molecule has 139 valence electrons. The molecule has 0 saturated heterocycles. The predicted molar refractivity (Wildman–Crippen MR) is 102 cm³/mol. The fraction of sp³-hybridized carbons (Fsp3) is 1.00. The van der Waals surface area contributed by atoms with Crippen molar-refractivity contribution in [1.82, 2.24) is 0 Å². The van der Waals surface area contributed by atoms with Crippen molar-refractivity contribution in [3.8, 4) is 0 Å². The maximum atomic E-state index is 5.65. The molecular weight excluding hydrogens is 383 g/mol. The number of unbranched alkanes of at least 4 members (excludes halogenated alkanes) is 4. The minimum Gasteiger partial charge on any atom is -0.322 e. The maximum absolute atomic E-state index is 5.65. The second-order valence-corrected chi connectivity index (χ2v) is 11.9. The van der Waals surface area contributed by atoms with E-state index in [0.717, 1.165) is 24.7 Å². The third-order valence-electron chi connectivity index (χ3n) is 3.36. The molecule has 0 N–H and O–H groups in total. The Morgan fingerprint density at radius 3 is 1.45 bits per heavy atom. The molecule has 0 fully saturated rings. The molecule has 22 heavy (non-hydrogen) atoms. The largest absolute Gasteiger partial charge is 0.322 e. The molecule has 0 aromatic rings. The van der Waals surface area contributed by atoms with E-state index in [0.29, 0.717) is 13.2 Å². The maximum Gasteiger partial charge on any atom is 0.244 e. The Balaban J connectivity index is 0. The van der Waals surface area contributed by atoms with Crippen LogP contribution in [-0.4, -0.2) is 13.2 Å². The second-order valence-electron chi connectivity index (χ2n) is 6.62. The van der Waals surface area contributed by atoms with Crippen LogP contribution in [0.1, 0.15) is 79.1 Å². The molecule has 0 aromatic carbocycles. The Morgan fingerprint density at radius 2 is 1.14 bits per heavy atom. The molecule has 2 nitrogen and oxygen atoms in total. The number of rotatable bonds is 14. The van der Waals surface area contributed by atoms with Crippen LogP contribution in [0.25, 0.3) is 0 Å². The van der Waals surface area contributed by atoms with Gasteiger partial charge in [-0.15, -0.1) is 0 Å². The summed E-state index contributed by atoms with van der Waals surface area (Å²) in [7, 11) is 0. The van der Waals surface area contributed by atoms with E-state index in [1.165, 1.54) is 38.5 Å². The van der Waals surface area contributed by atoms with Gasteiger partial charge in [0.25, 0.3) is 0 Å². The van der Waals surface area contributed by atoms with Crippen molar-refractivity contribution < 1.29 is 26.1 Å². The monoisotopic (exact) mass is 417 g/mol. The van der Waals surface area contributed by atoms with Crippen LogP contribution in [0.3, 0.4) is 0 Å². The van der Waals surface area contributed by atoms with E-state index in [2.05, 4.69) is 39.9 Å². The molecule has 0 amide bonds. The van der Waals surface area contributed by atoms with Crippen LogP contribution in [0.4, 0.5) is 0 Å². The van der Waals surface area contributed by atoms with E-state index in [1.807, 2.05) is 0 Å². The minimum absolute atomic E-state index is 0. The Kier molecular flexibility index (Phi) is 18.6. The van der Waals surface area contributed by atoms with Gasteiger partial charge in [-0.1, -0.05) is 78.5 Å². The van der Waals surface area contributed by atoms with Gasteiger partial charge in [0.05, 0.1) is 13.2 Å². The molecule has 0 aliphatic carbocycles. The number of hydrogen-bond donors (Lipinski definition) is 1. The standard InChI is InChI=1S/C16H35O2PS2.Cu/c1-15(2)11-7-5-9-13-17-19(20,21)18-14-10-6-8-12-16(3)4;/h15-16H,5-14H2,1-4H3,(H,20,21);. The first-order chi connectivity index (χ1) is 9.83. The fourth-order valence-electron chi connectivity index (χ4n) is 2.06. The molecule has 0 unspecified atom stereocenters. The van der Waals surface area contributed by atoms with Crippen LogP contribution in [-0.2, 0) is 37.9 Å². The summed E-state index contributed by atoms with van der Waals surface area (Å²) in [5.41, 5.74) is -2.30. The number of thiol groups is 1. The van der Waals surface area contributed by atoms with Gasteiger partial charge >= 0.3 is 0 Å². The van der Waals surface area contributed by atoms with E-state index < -0.39 is 5.69 Å². The van der Waals surface area contributed by atoms with Gasteiger partial charge in [-0.2, -0.15) is 0 Å². The van der Waals surface area contributed by atoms with E-state index in [-0.39, 0.29) is 17.1 Å². The first-order valence-corrected chi connectivity index (χ1v) is 12.2. The third-order valence-corrected chi connectivity index (χ3v) is 5.70. The first kappa shape index (κ1) is 25.7. The summed E-state index contributed by atoms with van der Waals surface area (Å²) in [6, 6.07) is 0. The average Bonchev–Trinajstić information content (AvgIpc) is 2.37. The molecule has 0 saturated carbocycles. The van der Waals surface area contributed by atoms with Crippen LogP contribution in [0.2, 0.25) is 0 Å². The van der Waals surface area contributed by atoms with Crippen LogP contribution in [0.15, 0.2) is 0 Å². The van der Waals surface area contributed by atoms with Crippen LogP contribution in [0, 0.1) is 11.8 Å². The summed E-state index contributed by atoms with van der Waals surface area (Å²) in [5, 5.41) is 0. The molecule has 1 radical (unpaired) electrons. The molecule has 0 aromatic heterocycles. The molecule has 0 spiro atoms. The summed E-state index contributed by atoms with van der Waals surface area (Å²) in [5.74, 6) is 1.58. The zero-order valence-corrected chi connectivity index (χ0v) is 18.2. The third kappa shape index (κ3) is 19.5. The van der Waals surface area contributed by atoms with Crippen LogP contribution >= 0.6 is 17.9 Å². The van der Waals surface area contributed by atoms with E-state index in [4.69, 9.17) is 20.9 Å².